The van der Waals surface area contributed by atoms with Crippen LogP contribution in [0.2, 0.25) is 0 Å². The number of hydrogen-bond donors (Lipinski definition) is 1. The zero-order valence-corrected chi connectivity index (χ0v) is 15.2. The summed E-state index contributed by atoms with van der Waals surface area (Å²) in [5.74, 6) is 1.14. The first kappa shape index (κ1) is 18.9. The first-order valence-corrected chi connectivity index (χ1v) is 8.66. The maximum absolute atomic E-state index is 12.5. The summed E-state index contributed by atoms with van der Waals surface area (Å²) in [7, 11) is 1.65. The molecule has 0 bridgehead atoms. The predicted molar refractivity (Wildman–Crippen MR) is 99.9 cm³/mol. The quantitative estimate of drug-likeness (QED) is 0.710. The molecule has 0 unspecified atom stereocenters. The molecule has 1 aromatic heterocycles. The second-order valence-corrected chi connectivity index (χ2v) is 5.58. The smallest absolute Gasteiger partial charge is 0.270 e. The number of ether oxygens (including phenoxy) is 1. The molecule has 0 saturated heterocycles. The number of methoxy groups -OCH3 is 1. The standard InChI is InChI=1S/C19H26N4O2/c1-4-23(5-2)17-14-16(19(24)20-12-9-13-25-3)21-18(22-17)15-10-7-6-8-11-15/h6-8,10-11,14H,4-5,9,12-13H2,1-3H3,(H,20,24). The van der Waals surface area contributed by atoms with Crippen molar-refractivity contribution in [3.63, 3.8) is 0 Å². The van der Waals surface area contributed by atoms with E-state index in [-0.39, 0.29) is 5.91 Å². The molecule has 1 amide bonds. The molecule has 6 heteroatoms. The van der Waals surface area contributed by atoms with Gasteiger partial charge in [0.05, 0.1) is 0 Å². The van der Waals surface area contributed by atoms with Crippen LogP contribution in [-0.2, 0) is 4.74 Å². The molecule has 0 radical (unpaired) electrons. The molecule has 0 saturated carbocycles. The van der Waals surface area contributed by atoms with Crippen molar-refractivity contribution < 1.29 is 9.53 Å². The van der Waals surface area contributed by atoms with Gasteiger partial charge in [0, 0.05) is 45.0 Å². The number of rotatable bonds is 9. The van der Waals surface area contributed by atoms with Crippen LogP contribution in [0.4, 0.5) is 5.82 Å². The van der Waals surface area contributed by atoms with E-state index in [9.17, 15) is 4.79 Å². The van der Waals surface area contributed by atoms with E-state index in [0.717, 1.165) is 30.9 Å². The van der Waals surface area contributed by atoms with Crippen LogP contribution in [0, 0.1) is 0 Å². The summed E-state index contributed by atoms with van der Waals surface area (Å²) in [6.45, 7) is 6.94. The van der Waals surface area contributed by atoms with Crippen LogP contribution < -0.4 is 10.2 Å². The fourth-order valence-electron chi connectivity index (χ4n) is 2.49. The molecule has 1 N–H and O–H groups in total. The lowest BCUT2D eigenvalue weighted by Crippen LogP contribution is -2.28. The number of nitrogens with zero attached hydrogens (tertiary/aromatic N) is 3. The number of hydrogen-bond acceptors (Lipinski definition) is 5. The fraction of sp³-hybridized carbons (Fsp3) is 0.421. The van der Waals surface area contributed by atoms with Crippen LogP contribution in [0.1, 0.15) is 30.8 Å². The second-order valence-electron chi connectivity index (χ2n) is 5.58. The largest absolute Gasteiger partial charge is 0.385 e. The number of carbonyl (C=O) groups excluding carboxylic acids is 1. The molecule has 0 aliphatic rings. The van der Waals surface area contributed by atoms with Gasteiger partial charge in [0.2, 0.25) is 0 Å². The molecule has 25 heavy (non-hydrogen) atoms. The SMILES string of the molecule is CCN(CC)c1cc(C(=O)NCCCOC)nc(-c2ccccc2)n1. The summed E-state index contributed by atoms with van der Waals surface area (Å²) >= 11 is 0. The Morgan fingerprint density at radius 1 is 1.16 bits per heavy atom. The van der Waals surface area contributed by atoms with Gasteiger partial charge in [-0.1, -0.05) is 30.3 Å². The maximum Gasteiger partial charge on any atom is 0.270 e. The Morgan fingerprint density at radius 2 is 1.88 bits per heavy atom. The highest BCUT2D eigenvalue weighted by Crippen LogP contribution is 2.20. The first-order chi connectivity index (χ1) is 12.2. The number of carbonyl (C=O) groups is 1. The Hall–Kier alpha value is -2.47. The number of amides is 1. The van der Waals surface area contributed by atoms with Crippen LogP contribution in [0.3, 0.4) is 0 Å². The van der Waals surface area contributed by atoms with Gasteiger partial charge in [-0.05, 0) is 20.3 Å². The van der Waals surface area contributed by atoms with Crippen molar-refractivity contribution >= 4 is 11.7 Å². The van der Waals surface area contributed by atoms with E-state index in [1.54, 1.807) is 13.2 Å². The molecule has 0 fully saturated rings. The summed E-state index contributed by atoms with van der Waals surface area (Å²) in [6.07, 6.45) is 0.766. The van der Waals surface area contributed by atoms with Gasteiger partial charge in [0.1, 0.15) is 11.5 Å². The molecule has 0 atom stereocenters. The maximum atomic E-state index is 12.5. The van der Waals surface area contributed by atoms with Gasteiger partial charge in [-0.3, -0.25) is 4.79 Å². The Kier molecular flexibility index (Phi) is 7.35. The van der Waals surface area contributed by atoms with Gasteiger partial charge in [0.25, 0.3) is 5.91 Å². The third-order valence-corrected chi connectivity index (χ3v) is 3.88. The molecule has 1 aromatic carbocycles. The number of aromatic nitrogens is 2. The van der Waals surface area contributed by atoms with Crippen molar-refractivity contribution in [3.05, 3.63) is 42.1 Å². The van der Waals surface area contributed by atoms with Crippen LogP contribution >= 0.6 is 0 Å². The monoisotopic (exact) mass is 342 g/mol. The number of benzene rings is 1. The van der Waals surface area contributed by atoms with Crippen LogP contribution in [0.15, 0.2) is 36.4 Å². The van der Waals surface area contributed by atoms with Crippen molar-refractivity contribution in [2.45, 2.75) is 20.3 Å². The van der Waals surface area contributed by atoms with Crippen LogP contribution in [0.25, 0.3) is 11.4 Å². The van der Waals surface area contributed by atoms with E-state index in [2.05, 4.69) is 34.0 Å². The molecular weight excluding hydrogens is 316 g/mol. The molecule has 134 valence electrons. The van der Waals surface area contributed by atoms with Crippen molar-refractivity contribution in [3.8, 4) is 11.4 Å². The van der Waals surface area contributed by atoms with E-state index in [4.69, 9.17) is 4.74 Å². The summed E-state index contributed by atoms with van der Waals surface area (Å²) < 4.78 is 5.00. The summed E-state index contributed by atoms with van der Waals surface area (Å²) in [5, 5.41) is 2.89. The Labute approximate surface area is 149 Å². The van der Waals surface area contributed by atoms with E-state index in [1.165, 1.54) is 0 Å². The van der Waals surface area contributed by atoms with Gasteiger partial charge >= 0.3 is 0 Å². The number of nitrogens with one attached hydrogen (secondary N) is 1. The third-order valence-electron chi connectivity index (χ3n) is 3.88. The Balaban J connectivity index is 2.31. The van der Waals surface area contributed by atoms with Gasteiger partial charge in [-0.25, -0.2) is 9.97 Å². The minimum Gasteiger partial charge on any atom is -0.385 e. The number of anilines is 1. The lowest BCUT2D eigenvalue weighted by molar-refractivity contribution is 0.0943. The van der Waals surface area contributed by atoms with Gasteiger partial charge in [0.15, 0.2) is 5.82 Å². The molecule has 1 heterocycles. The summed E-state index contributed by atoms with van der Waals surface area (Å²) in [4.78, 5) is 23.7. The fourth-order valence-corrected chi connectivity index (χ4v) is 2.49. The van der Waals surface area contributed by atoms with Crippen LogP contribution in [0.5, 0.6) is 0 Å². The molecule has 6 nitrogen and oxygen atoms in total. The minimum atomic E-state index is -0.191. The summed E-state index contributed by atoms with van der Waals surface area (Å²) in [5.41, 5.74) is 1.28. The second kappa shape index (κ2) is 9.74. The van der Waals surface area contributed by atoms with Crippen molar-refractivity contribution in [1.29, 1.82) is 0 Å². The average Bonchev–Trinajstić information content (AvgIpc) is 2.66. The van der Waals surface area contributed by atoms with E-state index in [1.807, 2.05) is 30.3 Å². The van der Waals surface area contributed by atoms with Crippen molar-refractivity contribution in [2.24, 2.45) is 0 Å². The molecule has 0 aliphatic carbocycles. The molecular formula is C19H26N4O2. The zero-order valence-electron chi connectivity index (χ0n) is 15.2. The van der Waals surface area contributed by atoms with E-state index >= 15 is 0 Å². The van der Waals surface area contributed by atoms with E-state index < -0.39 is 0 Å². The van der Waals surface area contributed by atoms with E-state index in [0.29, 0.717) is 24.7 Å². The Bertz CT molecular complexity index is 672. The minimum absolute atomic E-state index is 0.191. The normalized spacial score (nSPS) is 10.5. The molecule has 0 spiro atoms. The first-order valence-electron chi connectivity index (χ1n) is 8.66. The van der Waals surface area contributed by atoms with Gasteiger partial charge < -0.3 is 15.0 Å². The van der Waals surface area contributed by atoms with Crippen molar-refractivity contribution in [1.82, 2.24) is 15.3 Å². The molecule has 2 aromatic rings. The predicted octanol–water partition coefficient (Wildman–Crippen LogP) is 2.76. The lowest BCUT2D eigenvalue weighted by atomic mass is 10.2. The lowest BCUT2D eigenvalue weighted by Gasteiger charge is -2.21. The molecule has 2 rings (SSSR count). The van der Waals surface area contributed by atoms with Gasteiger partial charge in [-0.15, -0.1) is 0 Å². The topological polar surface area (TPSA) is 67.4 Å². The third kappa shape index (κ3) is 5.26. The van der Waals surface area contributed by atoms with Crippen LogP contribution in [-0.4, -0.2) is 49.2 Å². The average molecular weight is 342 g/mol. The highest BCUT2D eigenvalue weighted by atomic mass is 16.5. The van der Waals surface area contributed by atoms with Crippen molar-refractivity contribution in [2.75, 3.05) is 38.3 Å². The summed E-state index contributed by atoms with van der Waals surface area (Å²) in [6, 6.07) is 11.5. The highest BCUT2D eigenvalue weighted by molar-refractivity contribution is 5.93. The zero-order chi connectivity index (χ0) is 18.1. The Morgan fingerprint density at radius 3 is 2.52 bits per heavy atom. The molecule has 0 aliphatic heterocycles. The van der Waals surface area contributed by atoms with Gasteiger partial charge in [-0.2, -0.15) is 0 Å². The highest BCUT2D eigenvalue weighted by Gasteiger charge is 2.15.